The molecule has 63 heavy (non-hydrogen) atoms. The Morgan fingerprint density at radius 2 is 0.984 bits per heavy atom. The average Bonchev–Trinajstić information content (AvgIpc) is 3.23. The number of pyridine rings is 1. The van der Waals surface area contributed by atoms with Gasteiger partial charge in [0.05, 0.1) is 26.3 Å². The first kappa shape index (κ1) is 41.7. The first-order valence-electron chi connectivity index (χ1n) is 19.7. The molecule has 2 N–H and O–H groups in total. The third kappa shape index (κ3) is 7.57. The van der Waals surface area contributed by atoms with Crippen molar-refractivity contribution in [2.45, 2.75) is 49.3 Å². The van der Waals surface area contributed by atoms with Crippen LogP contribution in [0.1, 0.15) is 50.7 Å². The van der Waals surface area contributed by atoms with E-state index in [-0.39, 0.29) is 49.6 Å². The maximum atomic E-state index is 15.5. The van der Waals surface area contributed by atoms with Gasteiger partial charge in [-0.05, 0) is 125 Å². The number of benzene rings is 7. The number of para-hydroxylation sites is 2. The molecule has 2 heterocycles. The van der Waals surface area contributed by atoms with Crippen molar-refractivity contribution in [2.24, 2.45) is 0 Å². The molecular formula is C48H37NO11S3. The van der Waals surface area contributed by atoms with Crippen molar-refractivity contribution in [3.63, 3.8) is 0 Å². The standard InChI is InChI=1S/C48H37NO11S3/c1-26(2)34-11-8-12-35(27(3)4)46(34)49-47(50)43-38(59-28-9-6-5-7-10-28)24-37-36-22-17-31(58-29-13-18-32(19-14-29)62(52,53)54)23-40(36)61-41-25-39(44(48(49)51)45(43)42(37)41)60-30-15-20-33(21-16-30)63(55,56)57/h5-27H,1-4H3,(H,52,53,54)(H,55,56,57). The fraction of sp³-hybridized carbons (Fsp3) is 0.125. The van der Waals surface area contributed by atoms with E-state index in [4.69, 9.17) is 14.2 Å². The number of ether oxygens (including phenoxy) is 3. The minimum Gasteiger partial charge on any atom is -0.457 e. The molecule has 0 aliphatic carbocycles. The largest absolute Gasteiger partial charge is 0.457 e. The second-order valence-corrected chi connectivity index (χ2v) is 19.5. The molecule has 0 amide bonds. The van der Waals surface area contributed by atoms with E-state index in [0.29, 0.717) is 43.8 Å². The van der Waals surface area contributed by atoms with Crippen LogP contribution in [-0.2, 0) is 20.2 Å². The smallest absolute Gasteiger partial charge is 0.294 e. The lowest BCUT2D eigenvalue weighted by molar-refractivity contribution is 0.477. The van der Waals surface area contributed by atoms with E-state index in [2.05, 4.69) is 0 Å². The van der Waals surface area contributed by atoms with Gasteiger partial charge in [-0.2, -0.15) is 16.8 Å². The molecule has 0 aliphatic heterocycles. The summed E-state index contributed by atoms with van der Waals surface area (Å²) in [6.45, 7) is 8.00. The fourth-order valence-electron chi connectivity index (χ4n) is 7.95. The molecule has 0 fully saturated rings. The predicted molar refractivity (Wildman–Crippen MR) is 245 cm³/mol. The summed E-state index contributed by atoms with van der Waals surface area (Å²) in [6.07, 6.45) is 0. The van der Waals surface area contributed by atoms with Gasteiger partial charge in [-0.1, -0.05) is 64.1 Å². The van der Waals surface area contributed by atoms with Crippen molar-refractivity contribution in [3.8, 4) is 40.2 Å². The summed E-state index contributed by atoms with van der Waals surface area (Å²) in [5.41, 5.74) is 0.858. The third-order valence-electron chi connectivity index (χ3n) is 10.8. The quantitative estimate of drug-likeness (QED) is 0.0718. The normalized spacial score (nSPS) is 12.3. The second kappa shape index (κ2) is 15.6. The van der Waals surface area contributed by atoms with Crippen molar-refractivity contribution < 1.29 is 40.2 Å². The Bertz CT molecular complexity index is 3590. The summed E-state index contributed by atoms with van der Waals surface area (Å²) in [5.74, 6) is 1.45. The van der Waals surface area contributed by atoms with Crippen LogP contribution in [0.2, 0.25) is 0 Å². The Balaban J connectivity index is 1.39. The van der Waals surface area contributed by atoms with E-state index in [1.54, 1.807) is 30.3 Å². The molecule has 0 saturated carbocycles. The molecule has 15 heteroatoms. The van der Waals surface area contributed by atoms with Crippen molar-refractivity contribution in [1.29, 1.82) is 0 Å². The van der Waals surface area contributed by atoms with E-state index < -0.39 is 31.4 Å². The van der Waals surface area contributed by atoms with Crippen molar-refractivity contribution in [1.82, 2.24) is 4.57 Å². The highest BCUT2D eigenvalue weighted by atomic mass is 32.2. The summed E-state index contributed by atoms with van der Waals surface area (Å²) in [7, 11) is -8.92. The van der Waals surface area contributed by atoms with Crippen LogP contribution in [-0.4, -0.2) is 30.5 Å². The van der Waals surface area contributed by atoms with Crippen molar-refractivity contribution in [2.75, 3.05) is 0 Å². The topological polar surface area (TPSA) is 175 Å². The highest BCUT2D eigenvalue weighted by Crippen LogP contribution is 2.48. The zero-order valence-corrected chi connectivity index (χ0v) is 36.5. The molecule has 2 aromatic heterocycles. The Hall–Kier alpha value is -6.62. The van der Waals surface area contributed by atoms with E-state index in [0.717, 1.165) is 21.2 Å². The molecule has 0 unspecified atom stereocenters. The first-order chi connectivity index (χ1) is 30.0. The summed E-state index contributed by atoms with van der Waals surface area (Å²) in [4.78, 5) is 30.3. The highest BCUT2D eigenvalue weighted by molar-refractivity contribution is 7.86. The molecule has 12 nitrogen and oxygen atoms in total. The summed E-state index contributed by atoms with van der Waals surface area (Å²) >= 11 is 1.35. The van der Waals surface area contributed by atoms with Crippen molar-refractivity contribution >= 4 is 73.3 Å². The number of rotatable bonds is 11. The molecule has 0 bridgehead atoms. The molecule has 7 aromatic carbocycles. The zero-order valence-electron chi connectivity index (χ0n) is 34.0. The molecule has 0 spiro atoms. The Morgan fingerprint density at radius 1 is 0.492 bits per heavy atom. The molecular weight excluding hydrogens is 863 g/mol. The van der Waals surface area contributed by atoms with Crippen LogP contribution in [0.5, 0.6) is 34.5 Å². The number of hydrogen-bond donors (Lipinski definition) is 2. The van der Waals surface area contributed by atoms with Crippen LogP contribution < -0.4 is 25.3 Å². The lowest BCUT2D eigenvalue weighted by atomic mass is 9.91. The van der Waals surface area contributed by atoms with Crippen molar-refractivity contribution in [3.05, 3.63) is 159 Å². The van der Waals surface area contributed by atoms with Crippen LogP contribution in [0.15, 0.2) is 147 Å². The number of nitrogens with zero attached hydrogens (tertiary/aromatic N) is 1. The van der Waals surface area contributed by atoms with Crippen LogP contribution in [0.25, 0.3) is 47.4 Å². The fourth-order valence-corrected chi connectivity index (χ4v) is 10.1. The van der Waals surface area contributed by atoms with Gasteiger partial charge in [0, 0.05) is 20.2 Å². The van der Waals surface area contributed by atoms with Crippen LogP contribution in [0.4, 0.5) is 0 Å². The molecule has 0 saturated heterocycles. The molecule has 318 valence electrons. The van der Waals surface area contributed by atoms with Gasteiger partial charge in [0.2, 0.25) is 0 Å². The van der Waals surface area contributed by atoms with Gasteiger partial charge in [-0.3, -0.25) is 18.7 Å². The number of fused-ring (bicyclic) bond motifs is 2. The predicted octanol–water partition coefficient (Wildman–Crippen LogP) is 11.4. The average molecular weight is 900 g/mol. The monoisotopic (exact) mass is 899 g/mol. The molecule has 0 radical (unpaired) electrons. The second-order valence-electron chi connectivity index (χ2n) is 15.6. The van der Waals surface area contributed by atoms with Gasteiger partial charge in [-0.25, -0.2) is 4.57 Å². The van der Waals surface area contributed by atoms with E-state index >= 15 is 9.59 Å². The highest BCUT2D eigenvalue weighted by Gasteiger charge is 2.29. The van der Waals surface area contributed by atoms with Gasteiger partial charge >= 0.3 is 0 Å². The SMILES string of the molecule is CC(C)c1cccc(C(C)C)c1-n1c(=O)c2c(Oc3ccc(S(=O)(=O)O)cc3)cc3sc4cc(Oc5ccc(S(=O)(=O)O)cc5)ccc4c4cc(Oc5ccccc5)c(c1=O)c2c34. The van der Waals surface area contributed by atoms with Crippen LogP contribution in [0, 0.1) is 0 Å². The lowest BCUT2D eigenvalue weighted by Crippen LogP contribution is -2.34. The molecule has 9 rings (SSSR count). The van der Waals surface area contributed by atoms with Gasteiger partial charge < -0.3 is 14.2 Å². The zero-order chi connectivity index (χ0) is 44.5. The van der Waals surface area contributed by atoms with E-state index in [1.807, 2.05) is 76.2 Å². The van der Waals surface area contributed by atoms with Gasteiger partial charge in [0.15, 0.2) is 0 Å². The Morgan fingerprint density at radius 3 is 1.51 bits per heavy atom. The number of aromatic nitrogens is 1. The minimum absolute atomic E-state index is 0.0778. The number of hydrogen-bond acceptors (Lipinski definition) is 10. The van der Waals surface area contributed by atoms with E-state index in [1.165, 1.54) is 64.4 Å². The van der Waals surface area contributed by atoms with Gasteiger partial charge in [-0.15, -0.1) is 11.3 Å². The van der Waals surface area contributed by atoms with Crippen LogP contribution in [0.3, 0.4) is 0 Å². The summed E-state index contributed by atoms with van der Waals surface area (Å²) in [6, 6.07) is 34.1. The Kier molecular flexibility index (Phi) is 10.3. The van der Waals surface area contributed by atoms with Crippen LogP contribution >= 0.6 is 11.3 Å². The summed E-state index contributed by atoms with van der Waals surface area (Å²) in [5, 5.41) is 2.58. The van der Waals surface area contributed by atoms with Gasteiger partial charge in [0.25, 0.3) is 31.4 Å². The molecule has 0 aliphatic rings. The maximum Gasteiger partial charge on any atom is 0.294 e. The van der Waals surface area contributed by atoms with E-state index in [9.17, 15) is 25.9 Å². The molecule has 9 aromatic rings. The summed E-state index contributed by atoms with van der Waals surface area (Å²) < 4.78 is 88.1. The first-order valence-corrected chi connectivity index (χ1v) is 23.4. The maximum absolute atomic E-state index is 15.5. The Labute approximate surface area is 365 Å². The van der Waals surface area contributed by atoms with Gasteiger partial charge in [0.1, 0.15) is 34.5 Å². The third-order valence-corrected chi connectivity index (χ3v) is 13.7. The minimum atomic E-state index is -4.52. The lowest BCUT2D eigenvalue weighted by Gasteiger charge is -2.23. The molecule has 0 atom stereocenters.